The first kappa shape index (κ1) is 17.2. The molecule has 1 saturated heterocycles. The second-order valence-corrected chi connectivity index (χ2v) is 7.32. The second kappa shape index (κ2) is 7.11. The van der Waals surface area contributed by atoms with Crippen molar-refractivity contribution in [2.75, 3.05) is 11.9 Å². The van der Waals surface area contributed by atoms with E-state index < -0.39 is 12.0 Å². The number of nitrogens with zero attached hydrogens (tertiary/aromatic N) is 1. The molecule has 2 fully saturated rings. The van der Waals surface area contributed by atoms with Gasteiger partial charge in [0.25, 0.3) is 0 Å². The lowest BCUT2D eigenvalue weighted by molar-refractivity contribution is -0.143. The first-order valence-electron chi connectivity index (χ1n) is 8.50. The molecule has 0 radical (unpaired) electrons. The lowest BCUT2D eigenvalue weighted by Crippen LogP contribution is -2.46. The zero-order chi connectivity index (χ0) is 17.3. The van der Waals surface area contributed by atoms with Gasteiger partial charge in [-0.05, 0) is 55.9 Å². The van der Waals surface area contributed by atoms with Crippen molar-refractivity contribution in [2.45, 2.75) is 51.1 Å². The summed E-state index contributed by atoms with van der Waals surface area (Å²) in [6.45, 7) is 2.01. The van der Waals surface area contributed by atoms with Crippen LogP contribution in [0.3, 0.4) is 0 Å². The highest BCUT2D eigenvalue weighted by Gasteiger charge is 2.45. The van der Waals surface area contributed by atoms with Gasteiger partial charge in [-0.1, -0.05) is 24.4 Å². The van der Waals surface area contributed by atoms with Gasteiger partial charge in [-0.25, -0.2) is 0 Å². The van der Waals surface area contributed by atoms with Gasteiger partial charge < -0.3 is 10.4 Å². The largest absolute Gasteiger partial charge is 0.480 e. The maximum atomic E-state index is 12.5. The van der Waals surface area contributed by atoms with Gasteiger partial charge in [0, 0.05) is 16.8 Å². The highest BCUT2D eigenvalue weighted by molar-refractivity contribution is 6.30. The van der Waals surface area contributed by atoms with Crippen molar-refractivity contribution >= 4 is 29.2 Å². The number of carboxylic acids is 1. The Bertz CT molecular complexity index is 649. The van der Waals surface area contributed by atoms with Crippen molar-refractivity contribution in [2.24, 2.45) is 5.92 Å². The van der Waals surface area contributed by atoms with E-state index >= 15 is 0 Å². The van der Waals surface area contributed by atoms with E-state index in [1.165, 1.54) is 0 Å². The summed E-state index contributed by atoms with van der Waals surface area (Å²) in [6, 6.07) is 4.98. The van der Waals surface area contributed by atoms with E-state index in [1.54, 1.807) is 18.2 Å². The number of carbonyl (C=O) groups excluding carboxylic acids is 1. The molecule has 5 nitrogen and oxygen atoms in total. The van der Waals surface area contributed by atoms with Crippen LogP contribution < -0.4 is 5.32 Å². The zero-order valence-corrected chi connectivity index (χ0v) is 14.6. The van der Waals surface area contributed by atoms with Crippen LogP contribution in [0.25, 0.3) is 0 Å². The minimum Gasteiger partial charge on any atom is -0.480 e. The van der Waals surface area contributed by atoms with Gasteiger partial charge in [-0.15, -0.1) is 0 Å². The lowest BCUT2D eigenvalue weighted by Gasteiger charge is -2.32. The minimum atomic E-state index is -0.820. The van der Waals surface area contributed by atoms with Crippen LogP contribution in [0.1, 0.15) is 37.7 Å². The van der Waals surface area contributed by atoms with Crippen LogP contribution in [0, 0.1) is 12.8 Å². The molecule has 0 aromatic heterocycles. The Labute approximate surface area is 147 Å². The molecule has 0 bridgehead atoms. The number of carboxylic acid groups (broad SMARTS) is 1. The molecular formula is C18H23ClN2O3. The molecule has 0 spiro atoms. The molecule has 6 heteroatoms. The van der Waals surface area contributed by atoms with Gasteiger partial charge in [-0.2, -0.15) is 0 Å². The van der Waals surface area contributed by atoms with Gasteiger partial charge in [-0.3, -0.25) is 14.5 Å². The lowest BCUT2D eigenvalue weighted by atomic mass is 9.85. The number of rotatable bonds is 4. The maximum absolute atomic E-state index is 12.5. The number of amides is 1. The van der Waals surface area contributed by atoms with Crippen LogP contribution in [-0.4, -0.2) is 40.5 Å². The molecule has 1 amide bonds. The number of nitrogens with one attached hydrogen (secondary N) is 1. The number of hydrogen-bond acceptors (Lipinski definition) is 3. The summed E-state index contributed by atoms with van der Waals surface area (Å²) in [4.78, 5) is 26.0. The summed E-state index contributed by atoms with van der Waals surface area (Å²) in [5, 5.41) is 13.0. The summed E-state index contributed by atoms with van der Waals surface area (Å²) >= 11 is 5.94. The Hall–Kier alpha value is -1.59. The number of fused-ring (bicyclic) bond motifs is 1. The number of halogens is 1. The average Bonchev–Trinajstić information content (AvgIpc) is 2.89. The third-order valence-electron chi connectivity index (χ3n) is 5.30. The zero-order valence-electron chi connectivity index (χ0n) is 13.8. The van der Waals surface area contributed by atoms with Gasteiger partial charge in [0.15, 0.2) is 0 Å². The highest BCUT2D eigenvalue weighted by atomic mass is 35.5. The molecule has 1 aliphatic carbocycles. The molecule has 2 N–H and O–H groups in total. The molecule has 1 aromatic carbocycles. The predicted octanol–water partition coefficient (Wildman–Crippen LogP) is 3.30. The third kappa shape index (κ3) is 3.57. The molecule has 130 valence electrons. The summed E-state index contributed by atoms with van der Waals surface area (Å²) in [5.41, 5.74) is 1.61. The molecular weight excluding hydrogens is 328 g/mol. The minimum absolute atomic E-state index is 0.125. The molecule has 3 rings (SSSR count). The first-order chi connectivity index (χ1) is 11.5. The van der Waals surface area contributed by atoms with E-state index in [1.807, 2.05) is 11.8 Å². The number of hydrogen-bond donors (Lipinski definition) is 2. The number of aryl methyl sites for hydroxylation is 1. The molecule has 1 aliphatic heterocycles. The fourth-order valence-electron chi connectivity index (χ4n) is 4.15. The van der Waals surface area contributed by atoms with Crippen LogP contribution in [0.5, 0.6) is 0 Å². The van der Waals surface area contributed by atoms with Crippen molar-refractivity contribution in [1.29, 1.82) is 0 Å². The predicted molar refractivity (Wildman–Crippen MR) is 93.3 cm³/mol. The van der Waals surface area contributed by atoms with Crippen LogP contribution >= 0.6 is 11.6 Å². The van der Waals surface area contributed by atoms with Crippen molar-refractivity contribution in [3.8, 4) is 0 Å². The Morgan fingerprint density at radius 1 is 1.33 bits per heavy atom. The van der Waals surface area contributed by atoms with E-state index in [0.29, 0.717) is 17.4 Å². The molecule has 1 saturated carbocycles. The second-order valence-electron chi connectivity index (χ2n) is 6.88. The summed E-state index contributed by atoms with van der Waals surface area (Å²) < 4.78 is 0. The molecule has 1 heterocycles. The topological polar surface area (TPSA) is 69.6 Å². The van der Waals surface area contributed by atoms with Crippen molar-refractivity contribution in [1.82, 2.24) is 4.90 Å². The fraction of sp³-hybridized carbons (Fsp3) is 0.556. The summed E-state index contributed by atoms with van der Waals surface area (Å²) in [5.74, 6) is -0.581. The molecule has 2 aliphatic rings. The first-order valence-corrected chi connectivity index (χ1v) is 8.88. The molecule has 3 atom stereocenters. The van der Waals surface area contributed by atoms with E-state index in [0.717, 1.165) is 36.9 Å². The van der Waals surface area contributed by atoms with Crippen molar-refractivity contribution in [3.05, 3.63) is 28.8 Å². The normalized spacial score (nSPS) is 26.8. The monoisotopic (exact) mass is 350 g/mol. The Morgan fingerprint density at radius 2 is 2.08 bits per heavy atom. The van der Waals surface area contributed by atoms with E-state index in [2.05, 4.69) is 5.32 Å². The SMILES string of the molecule is Cc1cc(Cl)ccc1NC(=O)CN1C(C(=O)O)CC2CCCCC21. The van der Waals surface area contributed by atoms with Crippen molar-refractivity contribution < 1.29 is 14.7 Å². The summed E-state index contributed by atoms with van der Waals surface area (Å²) in [7, 11) is 0. The Kier molecular flexibility index (Phi) is 5.11. The maximum Gasteiger partial charge on any atom is 0.320 e. The van der Waals surface area contributed by atoms with Crippen LogP contribution in [0.15, 0.2) is 18.2 Å². The third-order valence-corrected chi connectivity index (χ3v) is 5.53. The quantitative estimate of drug-likeness (QED) is 0.874. The Balaban J connectivity index is 1.70. The molecule has 1 aromatic rings. The average molecular weight is 351 g/mol. The molecule has 24 heavy (non-hydrogen) atoms. The van der Waals surface area contributed by atoms with Crippen LogP contribution in [-0.2, 0) is 9.59 Å². The number of aliphatic carboxylic acids is 1. The Morgan fingerprint density at radius 3 is 2.79 bits per heavy atom. The smallest absolute Gasteiger partial charge is 0.320 e. The number of likely N-dealkylation sites (tertiary alicyclic amines) is 1. The van der Waals surface area contributed by atoms with E-state index in [-0.39, 0.29) is 18.5 Å². The summed E-state index contributed by atoms with van der Waals surface area (Å²) in [6.07, 6.45) is 5.00. The number of anilines is 1. The van der Waals surface area contributed by atoms with Crippen molar-refractivity contribution in [3.63, 3.8) is 0 Å². The standard InChI is InChI=1S/C18H23ClN2O3/c1-11-8-13(19)6-7-14(11)20-17(22)10-21-15-5-3-2-4-12(15)9-16(21)18(23)24/h6-8,12,15-16H,2-5,9-10H2,1H3,(H,20,22)(H,23,24). The van der Waals surface area contributed by atoms with Gasteiger partial charge in [0.05, 0.1) is 6.54 Å². The van der Waals surface area contributed by atoms with E-state index in [4.69, 9.17) is 11.6 Å². The highest BCUT2D eigenvalue weighted by Crippen LogP contribution is 2.39. The van der Waals surface area contributed by atoms with E-state index in [9.17, 15) is 14.7 Å². The van der Waals surface area contributed by atoms with Crippen LogP contribution in [0.2, 0.25) is 5.02 Å². The van der Waals surface area contributed by atoms with Gasteiger partial charge in [0.2, 0.25) is 5.91 Å². The van der Waals surface area contributed by atoms with Gasteiger partial charge in [0.1, 0.15) is 6.04 Å². The van der Waals surface area contributed by atoms with Gasteiger partial charge >= 0.3 is 5.97 Å². The number of carbonyl (C=O) groups is 2. The number of benzene rings is 1. The molecule has 3 unspecified atom stereocenters. The van der Waals surface area contributed by atoms with Crippen LogP contribution in [0.4, 0.5) is 5.69 Å². The fourth-order valence-corrected chi connectivity index (χ4v) is 4.37.